The van der Waals surface area contributed by atoms with E-state index in [-0.39, 0.29) is 5.60 Å². The quantitative estimate of drug-likeness (QED) is 0.923. The van der Waals surface area contributed by atoms with Crippen LogP contribution in [0.5, 0.6) is 0 Å². The van der Waals surface area contributed by atoms with Crippen LogP contribution in [0, 0.1) is 6.92 Å². The van der Waals surface area contributed by atoms with Gasteiger partial charge in [0.2, 0.25) is 0 Å². The Morgan fingerprint density at radius 3 is 2.92 bits per heavy atom. The van der Waals surface area contributed by atoms with E-state index in [2.05, 4.69) is 37.5 Å². The van der Waals surface area contributed by atoms with Crippen molar-refractivity contribution in [3.63, 3.8) is 0 Å². The van der Waals surface area contributed by atoms with Crippen LogP contribution in [0.3, 0.4) is 0 Å². The van der Waals surface area contributed by atoms with Crippen LogP contribution >= 0.6 is 0 Å². The van der Waals surface area contributed by atoms with Gasteiger partial charge in [-0.3, -0.25) is 9.88 Å². The van der Waals surface area contributed by atoms with Crippen molar-refractivity contribution in [1.82, 2.24) is 20.1 Å². The van der Waals surface area contributed by atoms with Gasteiger partial charge in [-0.25, -0.2) is 0 Å². The van der Waals surface area contributed by atoms with Crippen molar-refractivity contribution in [2.75, 3.05) is 25.0 Å². The van der Waals surface area contributed by atoms with E-state index in [0.29, 0.717) is 6.04 Å². The fourth-order valence-corrected chi connectivity index (χ4v) is 3.98. The Labute approximate surface area is 148 Å². The van der Waals surface area contributed by atoms with E-state index in [4.69, 9.17) is 4.74 Å². The van der Waals surface area contributed by atoms with Crippen molar-refractivity contribution in [2.24, 2.45) is 0 Å². The molecular formula is C19H25N5O. The molecule has 1 N–H and O–H groups in total. The number of hydrogen-bond acceptors (Lipinski definition) is 6. The van der Waals surface area contributed by atoms with Crippen LogP contribution in [0.15, 0.2) is 36.7 Å². The summed E-state index contributed by atoms with van der Waals surface area (Å²) in [6, 6.07) is 8.47. The van der Waals surface area contributed by atoms with Crippen LogP contribution in [-0.4, -0.2) is 51.4 Å². The summed E-state index contributed by atoms with van der Waals surface area (Å²) in [5.74, 6) is 0.834. The highest BCUT2D eigenvalue weighted by atomic mass is 16.5. The van der Waals surface area contributed by atoms with Gasteiger partial charge < -0.3 is 10.1 Å². The molecule has 6 heteroatoms. The molecule has 2 saturated heterocycles. The first-order chi connectivity index (χ1) is 12.2. The number of piperidine rings is 1. The number of anilines is 1. The van der Waals surface area contributed by atoms with Crippen LogP contribution < -0.4 is 5.32 Å². The number of likely N-dealkylation sites (tertiary alicyclic amines) is 1. The zero-order chi connectivity index (χ0) is 17.1. The highest BCUT2D eigenvalue weighted by molar-refractivity contribution is 5.34. The maximum Gasteiger partial charge on any atom is 0.148 e. The average Bonchev–Trinajstić information content (AvgIpc) is 3.00. The molecule has 0 aliphatic carbocycles. The summed E-state index contributed by atoms with van der Waals surface area (Å²) in [5.41, 5.74) is 2.22. The van der Waals surface area contributed by atoms with Gasteiger partial charge in [0.25, 0.3) is 0 Å². The molecular weight excluding hydrogens is 314 g/mol. The third-order valence-corrected chi connectivity index (χ3v) is 5.13. The molecule has 1 spiro atoms. The topological polar surface area (TPSA) is 63.2 Å². The Morgan fingerprint density at radius 2 is 2.12 bits per heavy atom. The van der Waals surface area contributed by atoms with Gasteiger partial charge in [0.05, 0.1) is 23.9 Å². The zero-order valence-electron chi connectivity index (χ0n) is 14.7. The van der Waals surface area contributed by atoms with Crippen molar-refractivity contribution in [3.8, 4) is 0 Å². The molecule has 2 aliphatic heterocycles. The first-order valence-electron chi connectivity index (χ1n) is 9.03. The van der Waals surface area contributed by atoms with E-state index in [1.165, 1.54) is 12.0 Å². The van der Waals surface area contributed by atoms with Gasteiger partial charge in [0.15, 0.2) is 0 Å². The molecule has 0 amide bonds. The SMILES string of the molecule is Cc1ccc(NC2COC3(CCCN(Cc4ccncc4)C3)C2)nn1. The molecule has 2 fully saturated rings. The number of rotatable bonds is 4. The van der Waals surface area contributed by atoms with E-state index in [9.17, 15) is 0 Å². The number of aromatic nitrogens is 3. The summed E-state index contributed by atoms with van der Waals surface area (Å²) < 4.78 is 6.29. The fourth-order valence-electron chi connectivity index (χ4n) is 3.98. The molecule has 2 aliphatic rings. The molecule has 2 atom stereocenters. The molecule has 6 nitrogen and oxygen atoms in total. The Hall–Kier alpha value is -2.05. The van der Waals surface area contributed by atoms with Crippen LogP contribution in [0.2, 0.25) is 0 Å². The van der Waals surface area contributed by atoms with E-state index in [1.54, 1.807) is 0 Å². The molecule has 0 radical (unpaired) electrons. The Bertz CT molecular complexity index is 693. The third kappa shape index (κ3) is 3.96. The molecule has 2 unspecified atom stereocenters. The summed E-state index contributed by atoms with van der Waals surface area (Å²) in [4.78, 5) is 6.61. The van der Waals surface area contributed by atoms with Gasteiger partial charge in [0.1, 0.15) is 5.82 Å². The fraction of sp³-hybridized carbons (Fsp3) is 0.526. The van der Waals surface area contributed by atoms with Crippen LogP contribution in [-0.2, 0) is 11.3 Å². The minimum Gasteiger partial charge on any atom is -0.371 e. The number of nitrogens with one attached hydrogen (secondary N) is 1. The molecule has 0 saturated carbocycles. The van der Waals surface area contributed by atoms with Crippen LogP contribution in [0.1, 0.15) is 30.5 Å². The molecule has 132 valence electrons. The van der Waals surface area contributed by atoms with Gasteiger partial charge >= 0.3 is 0 Å². The highest BCUT2D eigenvalue weighted by Crippen LogP contribution is 2.36. The lowest BCUT2D eigenvalue weighted by Gasteiger charge is -2.39. The number of ether oxygens (including phenoxy) is 1. The maximum atomic E-state index is 6.29. The van der Waals surface area contributed by atoms with Crippen molar-refractivity contribution < 1.29 is 4.74 Å². The lowest BCUT2D eigenvalue weighted by molar-refractivity contribution is -0.0533. The molecule has 0 aromatic carbocycles. The minimum absolute atomic E-state index is 0.0267. The Morgan fingerprint density at radius 1 is 1.24 bits per heavy atom. The summed E-state index contributed by atoms with van der Waals surface area (Å²) in [5, 5.41) is 11.8. The summed E-state index contributed by atoms with van der Waals surface area (Å²) in [6.45, 7) is 5.78. The third-order valence-electron chi connectivity index (χ3n) is 5.13. The lowest BCUT2D eigenvalue weighted by atomic mass is 9.88. The second kappa shape index (κ2) is 7.06. The second-order valence-corrected chi connectivity index (χ2v) is 7.27. The Kier molecular flexibility index (Phi) is 4.63. The highest BCUT2D eigenvalue weighted by Gasteiger charge is 2.43. The lowest BCUT2D eigenvalue weighted by Crippen LogP contribution is -2.47. The number of nitrogens with zero attached hydrogens (tertiary/aromatic N) is 4. The summed E-state index contributed by atoms with van der Waals surface area (Å²) in [7, 11) is 0. The van der Waals surface area contributed by atoms with Crippen LogP contribution in [0.25, 0.3) is 0 Å². The normalized spacial score (nSPS) is 26.8. The van der Waals surface area contributed by atoms with Crippen molar-refractivity contribution in [2.45, 2.75) is 44.4 Å². The van der Waals surface area contributed by atoms with Crippen molar-refractivity contribution >= 4 is 5.82 Å². The van der Waals surface area contributed by atoms with Gasteiger partial charge in [-0.05, 0) is 56.1 Å². The van der Waals surface area contributed by atoms with Gasteiger partial charge in [-0.1, -0.05) is 0 Å². The maximum absolute atomic E-state index is 6.29. The van der Waals surface area contributed by atoms with E-state index < -0.39 is 0 Å². The Balaban J connectivity index is 1.36. The molecule has 2 aromatic heterocycles. The van der Waals surface area contributed by atoms with E-state index in [0.717, 1.165) is 50.6 Å². The van der Waals surface area contributed by atoms with Crippen molar-refractivity contribution in [3.05, 3.63) is 47.9 Å². The summed E-state index contributed by atoms with van der Waals surface area (Å²) >= 11 is 0. The molecule has 2 aromatic rings. The second-order valence-electron chi connectivity index (χ2n) is 7.27. The number of aryl methyl sites for hydroxylation is 1. The molecule has 4 rings (SSSR count). The predicted molar refractivity (Wildman–Crippen MR) is 96.2 cm³/mol. The van der Waals surface area contributed by atoms with E-state index in [1.807, 2.05) is 31.5 Å². The molecule has 0 bridgehead atoms. The summed E-state index contributed by atoms with van der Waals surface area (Å²) in [6.07, 6.45) is 7.07. The predicted octanol–water partition coefficient (Wildman–Crippen LogP) is 2.42. The van der Waals surface area contributed by atoms with E-state index >= 15 is 0 Å². The zero-order valence-corrected chi connectivity index (χ0v) is 14.7. The number of pyridine rings is 1. The minimum atomic E-state index is -0.0267. The van der Waals surface area contributed by atoms with Crippen molar-refractivity contribution in [1.29, 1.82) is 0 Å². The van der Waals surface area contributed by atoms with Gasteiger partial charge in [-0.15, -0.1) is 5.10 Å². The van der Waals surface area contributed by atoms with Gasteiger partial charge in [-0.2, -0.15) is 5.10 Å². The largest absolute Gasteiger partial charge is 0.371 e. The monoisotopic (exact) mass is 339 g/mol. The number of hydrogen-bond donors (Lipinski definition) is 1. The standard InChI is InChI=1S/C19H25N5O/c1-15-3-4-18(23-22-15)21-17-11-19(25-13-17)7-2-10-24(14-19)12-16-5-8-20-9-6-16/h3-6,8-9,17H,2,7,10-14H2,1H3,(H,21,23). The first-order valence-corrected chi connectivity index (χ1v) is 9.03. The molecule has 25 heavy (non-hydrogen) atoms. The smallest absolute Gasteiger partial charge is 0.148 e. The van der Waals surface area contributed by atoms with Crippen LogP contribution in [0.4, 0.5) is 5.82 Å². The molecule has 4 heterocycles. The first kappa shape index (κ1) is 16.4. The average molecular weight is 339 g/mol. The van der Waals surface area contributed by atoms with Gasteiger partial charge in [0, 0.05) is 31.9 Å².